The van der Waals surface area contributed by atoms with Crippen LogP contribution in [0.25, 0.3) is 17.0 Å². The van der Waals surface area contributed by atoms with Crippen LogP contribution in [-0.2, 0) is 13.2 Å². The molecule has 0 atom stereocenters. The molecule has 0 aliphatic heterocycles. The average molecular weight is 456 g/mol. The van der Waals surface area contributed by atoms with Gasteiger partial charge in [-0.15, -0.1) is 0 Å². The fourth-order valence-corrected chi connectivity index (χ4v) is 3.69. The molecule has 1 N–H and O–H groups in total. The Morgan fingerprint density at radius 1 is 1.12 bits per heavy atom. The van der Waals surface area contributed by atoms with Crippen molar-refractivity contribution in [2.24, 2.45) is 7.05 Å². The molecule has 10 heteroatoms. The van der Waals surface area contributed by atoms with Gasteiger partial charge in [-0.25, -0.2) is 4.98 Å². The largest absolute Gasteiger partial charge is 0.420 e. The van der Waals surface area contributed by atoms with Crippen LogP contribution in [0.4, 0.5) is 18.9 Å². The molecule has 1 aliphatic carbocycles. The zero-order chi connectivity index (χ0) is 23.8. The summed E-state index contributed by atoms with van der Waals surface area (Å²) in [6.45, 7) is 4.00. The first-order valence-electron chi connectivity index (χ1n) is 10.7. The van der Waals surface area contributed by atoms with Crippen LogP contribution < -0.4 is 5.32 Å². The van der Waals surface area contributed by atoms with Gasteiger partial charge in [-0.05, 0) is 37.1 Å². The Balaban J connectivity index is 0.00000126. The first-order chi connectivity index (χ1) is 15.8. The van der Waals surface area contributed by atoms with E-state index in [0.717, 1.165) is 23.2 Å². The molecule has 1 amide bonds. The van der Waals surface area contributed by atoms with Crippen molar-refractivity contribution < 1.29 is 18.0 Å². The third kappa shape index (κ3) is 4.33. The van der Waals surface area contributed by atoms with Crippen LogP contribution in [0.3, 0.4) is 0 Å². The van der Waals surface area contributed by atoms with Gasteiger partial charge in [-0.1, -0.05) is 19.9 Å². The normalized spacial score (nSPS) is 13.5. The van der Waals surface area contributed by atoms with E-state index in [2.05, 4.69) is 20.4 Å². The lowest BCUT2D eigenvalue weighted by Crippen LogP contribution is -2.21. The van der Waals surface area contributed by atoms with E-state index >= 15 is 0 Å². The standard InChI is InChI=1S/C21H17F3N6O.C2H6/c1-29-19(20(31)27-13-7-8-25-14(11-13)12-5-6-12)17(21(22,23)24)18(28-29)15-3-2-4-16-26-9-10-30(15)16;1-2/h2-4,7-12H,5-6H2,1H3,(H,25,27,31);1-2H3. The number of imidazole rings is 1. The number of halogens is 3. The maximum atomic E-state index is 14.1. The van der Waals surface area contributed by atoms with Gasteiger partial charge in [0.2, 0.25) is 0 Å². The molecular weight excluding hydrogens is 433 g/mol. The summed E-state index contributed by atoms with van der Waals surface area (Å²) in [5.41, 5.74) is -0.101. The van der Waals surface area contributed by atoms with E-state index in [-0.39, 0.29) is 11.4 Å². The second-order valence-corrected chi connectivity index (χ2v) is 7.46. The SMILES string of the molecule is CC.Cn1nc(-c2cccc3nccn23)c(C(F)(F)F)c1C(=O)Nc1ccnc(C2CC2)c1. The van der Waals surface area contributed by atoms with Crippen molar-refractivity contribution in [2.45, 2.75) is 38.8 Å². The number of nitrogens with one attached hydrogen (secondary N) is 1. The fourth-order valence-electron chi connectivity index (χ4n) is 3.69. The van der Waals surface area contributed by atoms with Gasteiger partial charge >= 0.3 is 6.18 Å². The van der Waals surface area contributed by atoms with Crippen LogP contribution in [0, 0.1) is 0 Å². The lowest BCUT2D eigenvalue weighted by Gasteiger charge is -2.12. The summed E-state index contributed by atoms with van der Waals surface area (Å²) in [4.78, 5) is 21.3. The highest BCUT2D eigenvalue weighted by molar-refractivity contribution is 6.05. The van der Waals surface area contributed by atoms with Gasteiger partial charge in [-0.3, -0.25) is 18.9 Å². The Labute approximate surface area is 188 Å². The smallest absolute Gasteiger partial charge is 0.321 e. The minimum Gasteiger partial charge on any atom is -0.321 e. The topological polar surface area (TPSA) is 77.1 Å². The number of hydrogen-bond acceptors (Lipinski definition) is 4. The number of carbonyl (C=O) groups excluding carboxylic acids is 1. The van der Waals surface area contributed by atoms with Crippen LogP contribution in [0.5, 0.6) is 0 Å². The zero-order valence-electron chi connectivity index (χ0n) is 18.4. The molecule has 4 aromatic heterocycles. The van der Waals surface area contributed by atoms with E-state index in [1.54, 1.807) is 36.7 Å². The molecule has 0 saturated heterocycles. The van der Waals surface area contributed by atoms with Crippen LogP contribution >= 0.6 is 0 Å². The molecule has 0 radical (unpaired) electrons. The Morgan fingerprint density at radius 2 is 1.88 bits per heavy atom. The summed E-state index contributed by atoms with van der Waals surface area (Å²) < 4.78 is 44.9. The third-order valence-electron chi connectivity index (χ3n) is 5.25. The summed E-state index contributed by atoms with van der Waals surface area (Å²) in [5.74, 6) is -0.541. The number of aromatic nitrogens is 5. The number of rotatable bonds is 4. The summed E-state index contributed by atoms with van der Waals surface area (Å²) in [5, 5.41) is 6.64. The molecule has 1 aliphatic rings. The minimum absolute atomic E-state index is 0.192. The molecule has 33 heavy (non-hydrogen) atoms. The molecule has 4 heterocycles. The highest BCUT2D eigenvalue weighted by Gasteiger charge is 2.42. The van der Waals surface area contributed by atoms with Crippen molar-refractivity contribution in [3.8, 4) is 11.4 Å². The number of carbonyl (C=O) groups is 1. The number of alkyl halides is 3. The van der Waals surface area contributed by atoms with Gasteiger partial charge in [0.15, 0.2) is 0 Å². The summed E-state index contributed by atoms with van der Waals surface area (Å²) in [6.07, 6.45) is 1.83. The van der Waals surface area contributed by atoms with E-state index in [0.29, 0.717) is 17.3 Å². The molecule has 0 aromatic carbocycles. The summed E-state index contributed by atoms with van der Waals surface area (Å²) in [6, 6.07) is 8.04. The second kappa shape index (κ2) is 8.68. The van der Waals surface area contributed by atoms with Crippen molar-refractivity contribution in [3.63, 3.8) is 0 Å². The molecule has 1 fully saturated rings. The van der Waals surface area contributed by atoms with Crippen LogP contribution in [0.15, 0.2) is 48.9 Å². The maximum absolute atomic E-state index is 14.1. The highest BCUT2D eigenvalue weighted by Crippen LogP contribution is 2.41. The summed E-state index contributed by atoms with van der Waals surface area (Å²) >= 11 is 0. The lowest BCUT2D eigenvalue weighted by atomic mass is 10.1. The summed E-state index contributed by atoms with van der Waals surface area (Å²) in [7, 11) is 1.32. The first kappa shape index (κ1) is 22.5. The molecule has 4 aromatic rings. The molecule has 0 bridgehead atoms. The number of nitrogens with zero attached hydrogens (tertiary/aromatic N) is 5. The number of aryl methyl sites for hydroxylation is 1. The number of amides is 1. The second-order valence-electron chi connectivity index (χ2n) is 7.46. The van der Waals surface area contributed by atoms with Crippen molar-refractivity contribution in [1.29, 1.82) is 0 Å². The number of hydrogen-bond donors (Lipinski definition) is 1. The van der Waals surface area contributed by atoms with Gasteiger partial charge in [0, 0.05) is 42.9 Å². The molecule has 1 saturated carbocycles. The highest BCUT2D eigenvalue weighted by atomic mass is 19.4. The molecule has 0 spiro atoms. The van der Waals surface area contributed by atoms with Crippen molar-refractivity contribution in [3.05, 3.63) is 65.9 Å². The minimum atomic E-state index is -4.80. The predicted octanol–water partition coefficient (Wildman–Crippen LogP) is 5.30. The zero-order valence-corrected chi connectivity index (χ0v) is 18.4. The maximum Gasteiger partial charge on any atom is 0.420 e. The molecule has 5 rings (SSSR count). The van der Waals surface area contributed by atoms with Gasteiger partial charge < -0.3 is 5.32 Å². The fraction of sp³-hybridized carbons (Fsp3) is 0.304. The Bertz CT molecular complexity index is 1300. The molecule has 7 nitrogen and oxygen atoms in total. The van der Waals surface area contributed by atoms with Gasteiger partial charge in [0.25, 0.3) is 5.91 Å². The third-order valence-corrected chi connectivity index (χ3v) is 5.25. The van der Waals surface area contributed by atoms with Gasteiger partial charge in [0.05, 0.1) is 5.69 Å². The van der Waals surface area contributed by atoms with Crippen molar-refractivity contribution >= 4 is 17.2 Å². The number of pyridine rings is 2. The van der Waals surface area contributed by atoms with E-state index in [9.17, 15) is 18.0 Å². The van der Waals surface area contributed by atoms with E-state index in [1.807, 2.05) is 13.8 Å². The molecule has 0 unspecified atom stereocenters. The Kier molecular flexibility index (Phi) is 5.92. The van der Waals surface area contributed by atoms with E-state index in [1.165, 1.54) is 23.7 Å². The molecular formula is C23H23F3N6O. The number of fused-ring (bicyclic) bond motifs is 1. The van der Waals surface area contributed by atoms with E-state index < -0.39 is 23.3 Å². The Hall–Kier alpha value is -3.69. The van der Waals surface area contributed by atoms with Crippen molar-refractivity contribution in [1.82, 2.24) is 24.1 Å². The van der Waals surface area contributed by atoms with Crippen molar-refractivity contribution in [2.75, 3.05) is 5.32 Å². The average Bonchev–Trinajstić information content (AvgIpc) is 3.41. The van der Waals surface area contributed by atoms with Crippen LogP contribution in [0.2, 0.25) is 0 Å². The van der Waals surface area contributed by atoms with Gasteiger partial charge in [0.1, 0.15) is 22.6 Å². The van der Waals surface area contributed by atoms with Gasteiger partial charge in [-0.2, -0.15) is 18.3 Å². The van der Waals surface area contributed by atoms with Crippen LogP contribution in [-0.4, -0.2) is 30.1 Å². The number of anilines is 1. The molecule has 172 valence electrons. The lowest BCUT2D eigenvalue weighted by molar-refractivity contribution is -0.137. The predicted molar refractivity (Wildman–Crippen MR) is 118 cm³/mol. The first-order valence-corrected chi connectivity index (χ1v) is 10.7. The quantitative estimate of drug-likeness (QED) is 0.452. The van der Waals surface area contributed by atoms with Crippen LogP contribution in [0.1, 0.15) is 54.4 Å². The monoisotopic (exact) mass is 456 g/mol. The van der Waals surface area contributed by atoms with E-state index in [4.69, 9.17) is 0 Å². The Morgan fingerprint density at radius 3 is 2.58 bits per heavy atom.